The Balaban J connectivity index is 1.54. The van der Waals surface area contributed by atoms with Crippen molar-refractivity contribution >= 4 is 11.7 Å². The van der Waals surface area contributed by atoms with Crippen LogP contribution in [0.15, 0.2) is 24.3 Å². The molecule has 0 saturated heterocycles. The predicted octanol–water partition coefficient (Wildman–Crippen LogP) is 3.37. The molecule has 0 unspecified atom stereocenters. The number of aromatic nitrogens is 2. The highest BCUT2D eigenvalue weighted by atomic mass is 16.3. The topological polar surface area (TPSA) is 84.2 Å². The molecular formula is C23H29N3O3. The van der Waals surface area contributed by atoms with E-state index in [1.807, 2.05) is 35.9 Å². The number of aliphatic hydroxyl groups is 1. The van der Waals surface area contributed by atoms with Crippen LogP contribution in [0.2, 0.25) is 0 Å². The smallest absolute Gasteiger partial charge is 0.251 e. The number of benzene rings is 1. The molecule has 1 aromatic carbocycles. The maximum Gasteiger partial charge on any atom is 0.251 e. The average molecular weight is 396 g/mol. The van der Waals surface area contributed by atoms with Gasteiger partial charge in [-0.15, -0.1) is 0 Å². The number of aliphatic hydroxyl groups excluding tert-OH is 1. The summed E-state index contributed by atoms with van der Waals surface area (Å²) in [6.45, 7) is 6.10. The number of ketones is 1. The molecule has 0 bridgehead atoms. The van der Waals surface area contributed by atoms with Crippen molar-refractivity contribution in [1.82, 2.24) is 15.1 Å². The highest BCUT2D eigenvalue weighted by Gasteiger charge is 2.35. The summed E-state index contributed by atoms with van der Waals surface area (Å²) in [5.74, 6) is 0.0709. The lowest BCUT2D eigenvalue weighted by atomic mass is 9.75. The lowest BCUT2D eigenvalue weighted by Crippen LogP contribution is -2.38. The van der Waals surface area contributed by atoms with E-state index < -0.39 is 0 Å². The Labute approximate surface area is 171 Å². The van der Waals surface area contributed by atoms with Crippen molar-refractivity contribution in [1.29, 1.82) is 0 Å². The van der Waals surface area contributed by atoms with Crippen LogP contribution in [0.25, 0.3) is 5.69 Å². The summed E-state index contributed by atoms with van der Waals surface area (Å²) in [4.78, 5) is 25.2. The summed E-state index contributed by atoms with van der Waals surface area (Å²) in [7, 11) is 0. The first kappa shape index (κ1) is 19.8. The van der Waals surface area contributed by atoms with Gasteiger partial charge in [0.05, 0.1) is 28.7 Å². The Kier molecular flexibility index (Phi) is 5.07. The van der Waals surface area contributed by atoms with Gasteiger partial charge in [-0.05, 0) is 68.7 Å². The van der Waals surface area contributed by atoms with E-state index in [0.717, 1.165) is 54.7 Å². The number of amides is 1. The van der Waals surface area contributed by atoms with Crippen LogP contribution in [0.4, 0.5) is 0 Å². The fraction of sp³-hybridized carbons (Fsp3) is 0.522. The number of nitrogens with zero attached hydrogens (tertiary/aromatic N) is 2. The SMILES string of the molecule is Cc1nn(-c2ccc(C(=O)NC3CCC(O)CC3)cc2)c2c1C(=O)CC(C)(C)C2. The number of hydrogen-bond acceptors (Lipinski definition) is 4. The predicted molar refractivity (Wildman–Crippen MR) is 110 cm³/mol. The fourth-order valence-corrected chi connectivity index (χ4v) is 4.60. The van der Waals surface area contributed by atoms with Crippen molar-refractivity contribution in [2.45, 2.75) is 71.4 Å². The summed E-state index contributed by atoms with van der Waals surface area (Å²) < 4.78 is 1.85. The molecule has 154 valence electrons. The van der Waals surface area contributed by atoms with Gasteiger partial charge in [-0.1, -0.05) is 13.8 Å². The van der Waals surface area contributed by atoms with Gasteiger partial charge in [0.15, 0.2) is 5.78 Å². The molecule has 0 aliphatic heterocycles. The Morgan fingerprint density at radius 2 is 1.79 bits per heavy atom. The van der Waals surface area contributed by atoms with Gasteiger partial charge in [0.2, 0.25) is 0 Å². The van der Waals surface area contributed by atoms with E-state index in [9.17, 15) is 14.7 Å². The van der Waals surface area contributed by atoms with E-state index in [4.69, 9.17) is 0 Å². The summed E-state index contributed by atoms with van der Waals surface area (Å²) in [5, 5.41) is 17.3. The standard InChI is InChI=1S/C23H29N3O3/c1-14-21-19(12-23(2,3)13-20(21)28)26(25-14)17-8-4-15(5-9-17)22(29)24-16-6-10-18(27)11-7-16/h4-5,8-9,16,18,27H,6-7,10-13H2,1-3H3,(H,24,29). The number of carbonyl (C=O) groups excluding carboxylic acids is 2. The maximum atomic E-state index is 12.6. The van der Waals surface area contributed by atoms with Crippen molar-refractivity contribution in [3.05, 3.63) is 46.8 Å². The third-order valence-corrected chi connectivity index (χ3v) is 6.13. The van der Waals surface area contributed by atoms with E-state index >= 15 is 0 Å². The van der Waals surface area contributed by atoms with Crippen LogP contribution in [0.1, 0.15) is 78.1 Å². The van der Waals surface area contributed by atoms with E-state index in [2.05, 4.69) is 24.3 Å². The minimum Gasteiger partial charge on any atom is -0.393 e. The minimum atomic E-state index is -0.234. The van der Waals surface area contributed by atoms with Gasteiger partial charge in [-0.2, -0.15) is 5.10 Å². The second-order valence-corrected chi connectivity index (χ2v) is 9.29. The third-order valence-electron chi connectivity index (χ3n) is 6.13. The van der Waals surface area contributed by atoms with Crippen LogP contribution < -0.4 is 5.32 Å². The molecular weight excluding hydrogens is 366 g/mol. The van der Waals surface area contributed by atoms with Crippen molar-refractivity contribution in [2.24, 2.45) is 5.41 Å². The molecule has 29 heavy (non-hydrogen) atoms. The van der Waals surface area contributed by atoms with Crippen LogP contribution in [-0.4, -0.2) is 38.7 Å². The number of aryl methyl sites for hydroxylation is 1. The molecule has 1 heterocycles. The summed E-state index contributed by atoms with van der Waals surface area (Å²) in [5.41, 5.74) is 3.86. The zero-order chi connectivity index (χ0) is 20.8. The molecule has 1 amide bonds. The molecule has 0 atom stereocenters. The van der Waals surface area contributed by atoms with E-state index in [-0.39, 0.29) is 29.3 Å². The molecule has 1 aromatic heterocycles. The number of Topliss-reactive ketones (excluding diaryl/α,β-unsaturated/α-hetero) is 1. The minimum absolute atomic E-state index is 0.0816. The maximum absolute atomic E-state index is 12.6. The molecule has 6 heteroatoms. The summed E-state index contributed by atoms with van der Waals surface area (Å²) in [6.07, 6.45) is 4.21. The number of rotatable bonds is 3. The molecule has 2 aliphatic carbocycles. The molecule has 2 N–H and O–H groups in total. The quantitative estimate of drug-likeness (QED) is 0.835. The lowest BCUT2D eigenvalue weighted by Gasteiger charge is -2.29. The third kappa shape index (κ3) is 3.99. The van der Waals surface area contributed by atoms with E-state index in [1.54, 1.807) is 0 Å². The first-order valence-corrected chi connectivity index (χ1v) is 10.4. The Hall–Kier alpha value is -2.47. The molecule has 4 rings (SSSR count). The van der Waals surface area contributed by atoms with Crippen LogP contribution in [0.3, 0.4) is 0 Å². The van der Waals surface area contributed by atoms with Gasteiger partial charge in [0.1, 0.15) is 0 Å². The van der Waals surface area contributed by atoms with Gasteiger partial charge < -0.3 is 10.4 Å². The normalized spacial score (nSPS) is 23.5. The summed E-state index contributed by atoms with van der Waals surface area (Å²) >= 11 is 0. The molecule has 2 aromatic rings. The fourth-order valence-electron chi connectivity index (χ4n) is 4.60. The molecule has 0 spiro atoms. The summed E-state index contributed by atoms with van der Waals surface area (Å²) in [6, 6.07) is 7.51. The molecule has 6 nitrogen and oxygen atoms in total. The van der Waals surface area contributed by atoms with Crippen LogP contribution >= 0.6 is 0 Å². The zero-order valence-electron chi connectivity index (χ0n) is 17.4. The molecule has 1 fully saturated rings. The molecule has 1 saturated carbocycles. The largest absolute Gasteiger partial charge is 0.393 e. The Morgan fingerprint density at radius 3 is 2.45 bits per heavy atom. The van der Waals surface area contributed by atoms with Crippen molar-refractivity contribution in [3.8, 4) is 5.69 Å². The van der Waals surface area contributed by atoms with Gasteiger partial charge >= 0.3 is 0 Å². The van der Waals surface area contributed by atoms with Gasteiger partial charge in [0, 0.05) is 18.0 Å². The van der Waals surface area contributed by atoms with Crippen molar-refractivity contribution < 1.29 is 14.7 Å². The van der Waals surface area contributed by atoms with Crippen molar-refractivity contribution in [2.75, 3.05) is 0 Å². The van der Waals surface area contributed by atoms with E-state index in [0.29, 0.717) is 12.0 Å². The number of nitrogens with one attached hydrogen (secondary N) is 1. The van der Waals surface area contributed by atoms with Crippen LogP contribution in [-0.2, 0) is 6.42 Å². The number of fused-ring (bicyclic) bond motifs is 1. The van der Waals surface area contributed by atoms with Gasteiger partial charge in [-0.3, -0.25) is 9.59 Å². The van der Waals surface area contributed by atoms with Crippen LogP contribution in [0.5, 0.6) is 0 Å². The van der Waals surface area contributed by atoms with Crippen LogP contribution in [0, 0.1) is 12.3 Å². The average Bonchev–Trinajstić information content (AvgIpc) is 2.99. The second-order valence-electron chi connectivity index (χ2n) is 9.29. The highest BCUT2D eigenvalue weighted by molar-refractivity contribution is 6.00. The van der Waals surface area contributed by atoms with E-state index in [1.165, 1.54) is 0 Å². The molecule has 0 radical (unpaired) electrons. The Bertz CT molecular complexity index is 935. The first-order chi connectivity index (χ1) is 13.7. The number of carbonyl (C=O) groups is 2. The monoisotopic (exact) mass is 395 g/mol. The van der Waals surface area contributed by atoms with Crippen molar-refractivity contribution in [3.63, 3.8) is 0 Å². The lowest BCUT2D eigenvalue weighted by molar-refractivity contribution is 0.0867. The van der Waals surface area contributed by atoms with Gasteiger partial charge in [-0.25, -0.2) is 4.68 Å². The zero-order valence-corrected chi connectivity index (χ0v) is 17.4. The second kappa shape index (κ2) is 7.41. The Morgan fingerprint density at radius 1 is 1.14 bits per heavy atom. The molecule has 2 aliphatic rings. The number of hydrogen-bond donors (Lipinski definition) is 2. The highest BCUT2D eigenvalue weighted by Crippen LogP contribution is 2.37. The first-order valence-electron chi connectivity index (χ1n) is 10.4. The van der Waals surface area contributed by atoms with Gasteiger partial charge in [0.25, 0.3) is 5.91 Å².